The van der Waals surface area contributed by atoms with Gasteiger partial charge in [-0.3, -0.25) is 4.79 Å². The highest BCUT2D eigenvalue weighted by molar-refractivity contribution is 7.80. The molecule has 2 aromatic carbocycles. The third kappa shape index (κ3) is 3.54. The van der Waals surface area contributed by atoms with E-state index < -0.39 is 0 Å². The molecule has 0 aliphatic carbocycles. The Labute approximate surface area is 138 Å². The number of carbonyl (C=O) groups excluding carboxylic acids is 1. The number of aromatic nitrogens is 1. The minimum Gasteiger partial charge on any atom is -0.436 e. The topological polar surface area (TPSA) is 67.2 Å². The number of thiocarbonyl (C=S) groups is 1. The number of benzene rings is 2. The van der Waals surface area contributed by atoms with E-state index in [0.29, 0.717) is 12.3 Å². The summed E-state index contributed by atoms with van der Waals surface area (Å²) < 4.78 is 5.73. The first-order chi connectivity index (χ1) is 11.2. The van der Waals surface area contributed by atoms with Gasteiger partial charge >= 0.3 is 0 Å². The summed E-state index contributed by atoms with van der Waals surface area (Å²) >= 11 is 5.07. The molecule has 0 bridgehead atoms. The van der Waals surface area contributed by atoms with E-state index in [9.17, 15) is 4.79 Å². The van der Waals surface area contributed by atoms with Gasteiger partial charge in [-0.15, -0.1) is 0 Å². The molecule has 1 amide bonds. The smallest absolute Gasteiger partial charge is 0.227 e. The highest BCUT2D eigenvalue weighted by Crippen LogP contribution is 2.25. The molecule has 2 N–H and O–H groups in total. The Morgan fingerprint density at radius 2 is 1.91 bits per heavy atom. The SMILES string of the molecule is CCC(=O)NC(=S)Nc1ccc(-c2nc3ccccc3o2)cc1. The van der Waals surface area contributed by atoms with Crippen molar-refractivity contribution in [2.24, 2.45) is 0 Å². The molecule has 23 heavy (non-hydrogen) atoms. The van der Waals surface area contributed by atoms with E-state index in [-0.39, 0.29) is 11.0 Å². The van der Waals surface area contributed by atoms with E-state index >= 15 is 0 Å². The Balaban J connectivity index is 1.74. The van der Waals surface area contributed by atoms with E-state index in [4.69, 9.17) is 16.6 Å². The van der Waals surface area contributed by atoms with Crippen LogP contribution < -0.4 is 10.6 Å². The monoisotopic (exact) mass is 325 g/mol. The summed E-state index contributed by atoms with van der Waals surface area (Å²) in [5.41, 5.74) is 3.24. The normalized spacial score (nSPS) is 10.5. The summed E-state index contributed by atoms with van der Waals surface area (Å²) in [5, 5.41) is 5.84. The van der Waals surface area contributed by atoms with Crippen molar-refractivity contribution in [2.45, 2.75) is 13.3 Å². The average molecular weight is 325 g/mol. The van der Waals surface area contributed by atoms with Crippen LogP contribution in [0, 0.1) is 0 Å². The number of oxazole rings is 1. The number of rotatable bonds is 3. The number of hydrogen-bond acceptors (Lipinski definition) is 4. The Hall–Kier alpha value is -2.73. The number of fused-ring (bicyclic) bond motifs is 1. The Morgan fingerprint density at radius 1 is 1.17 bits per heavy atom. The van der Waals surface area contributed by atoms with Gasteiger partial charge in [-0.1, -0.05) is 19.1 Å². The molecule has 0 saturated heterocycles. The third-order valence-corrected chi connectivity index (χ3v) is 3.46. The van der Waals surface area contributed by atoms with Crippen LogP contribution in [0.5, 0.6) is 0 Å². The van der Waals surface area contributed by atoms with Crippen molar-refractivity contribution >= 4 is 40.0 Å². The van der Waals surface area contributed by atoms with Crippen LogP contribution in [-0.4, -0.2) is 16.0 Å². The van der Waals surface area contributed by atoms with Crippen LogP contribution in [0.15, 0.2) is 52.9 Å². The summed E-state index contributed by atoms with van der Waals surface area (Å²) in [7, 11) is 0. The fourth-order valence-corrected chi connectivity index (χ4v) is 2.30. The zero-order valence-corrected chi connectivity index (χ0v) is 13.3. The van der Waals surface area contributed by atoms with Crippen molar-refractivity contribution in [3.05, 3.63) is 48.5 Å². The predicted molar refractivity (Wildman–Crippen MR) is 94.1 cm³/mol. The zero-order valence-electron chi connectivity index (χ0n) is 12.5. The van der Waals surface area contributed by atoms with Crippen molar-refractivity contribution in [1.82, 2.24) is 10.3 Å². The minimum atomic E-state index is -0.120. The van der Waals surface area contributed by atoms with Crippen LogP contribution in [-0.2, 0) is 4.79 Å². The molecule has 3 rings (SSSR count). The lowest BCUT2D eigenvalue weighted by atomic mass is 10.2. The molecule has 0 atom stereocenters. The van der Waals surface area contributed by atoms with Crippen LogP contribution in [0.4, 0.5) is 5.69 Å². The maximum absolute atomic E-state index is 11.3. The van der Waals surface area contributed by atoms with Crippen LogP contribution in [0.1, 0.15) is 13.3 Å². The Bertz CT molecular complexity index is 823. The van der Waals surface area contributed by atoms with Gasteiger partial charge in [-0.25, -0.2) is 4.98 Å². The highest BCUT2D eigenvalue weighted by Gasteiger charge is 2.08. The molecule has 0 radical (unpaired) electrons. The molecule has 1 heterocycles. The van der Waals surface area contributed by atoms with Crippen molar-refractivity contribution in [1.29, 1.82) is 0 Å². The zero-order chi connectivity index (χ0) is 16.2. The molecule has 116 valence electrons. The molecule has 0 fully saturated rings. The van der Waals surface area contributed by atoms with Crippen molar-refractivity contribution in [3.8, 4) is 11.5 Å². The van der Waals surface area contributed by atoms with Gasteiger partial charge in [0.05, 0.1) is 0 Å². The van der Waals surface area contributed by atoms with Crippen LogP contribution in [0.25, 0.3) is 22.6 Å². The number of hydrogen-bond donors (Lipinski definition) is 2. The molecule has 1 aromatic heterocycles. The number of para-hydroxylation sites is 2. The number of nitrogens with zero attached hydrogens (tertiary/aromatic N) is 1. The quantitative estimate of drug-likeness (QED) is 0.719. The van der Waals surface area contributed by atoms with Gasteiger partial charge in [0, 0.05) is 17.7 Å². The highest BCUT2D eigenvalue weighted by atomic mass is 32.1. The largest absolute Gasteiger partial charge is 0.436 e. The van der Waals surface area contributed by atoms with Crippen molar-refractivity contribution in [3.63, 3.8) is 0 Å². The van der Waals surface area contributed by atoms with Crippen molar-refractivity contribution in [2.75, 3.05) is 5.32 Å². The van der Waals surface area contributed by atoms with Gasteiger partial charge in [-0.2, -0.15) is 0 Å². The summed E-state index contributed by atoms with van der Waals surface area (Å²) in [6.07, 6.45) is 0.387. The van der Waals surface area contributed by atoms with Gasteiger partial charge in [-0.05, 0) is 48.6 Å². The Morgan fingerprint density at radius 3 is 2.61 bits per heavy atom. The van der Waals surface area contributed by atoms with E-state index in [0.717, 1.165) is 22.4 Å². The molecule has 0 spiro atoms. The number of carbonyl (C=O) groups is 1. The van der Waals surface area contributed by atoms with E-state index in [1.54, 1.807) is 6.92 Å². The fourth-order valence-electron chi connectivity index (χ4n) is 2.07. The molecule has 3 aromatic rings. The van der Waals surface area contributed by atoms with Crippen molar-refractivity contribution < 1.29 is 9.21 Å². The first-order valence-electron chi connectivity index (χ1n) is 7.22. The Kier molecular flexibility index (Phi) is 4.34. The van der Waals surface area contributed by atoms with Crippen LogP contribution in [0.2, 0.25) is 0 Å². The number of nitrogens with one attached hydrogen (secondary N) is 2. The van der Waals surface area contributed by atoms with Crippen LogP contribution in [0.3, 0.4) is 0 Å². The number of amides is 1. The fraction of sp³-hybridized carbons (Fsp3) is 0.118. The summed E-state index contributed by atoms with van der Waals surface area (Å²) in [4.78, 5) is 15.7. The molecule has 6 heteroatoms. The van der Waals surface area contributed by atoms with Gasteiger partial charge in [0.1, 0.15) is 5.52 Å². The molecule has 0 aliphatic rings. The maximum atomic E-state index is 11.3. The van der Waals surface area contributed by atoms with E-state index in [1.807, 2.05) is 48.5 Å². The minimum absolute atomic E-state index is 0.120. The standard InChI is InChI=1S/C17H15N3O2S/c1-2-15(21)20-17(23)18-12-9-7-11(8-10-12)16-19-13-5-3-4-6-14(13)22-16/h3-10H,2H2,1H3,(H2,18,20,21,23). The second-order valence-corrected chi connectivity index (χ2v) is 5.33. The maximum Gasteiger partial charge on any atom is 0.227 e. The third-order valence-electron chi connectivity index (χ3n) is 3.26. The van der Waals surface area contributed by atoms with Gasteiger partial charge < -0.3 is 15.1 Å². The molecule has 0 saturated carbocycles. The molecular formula is C17H15N3O2S. The summed E-state index contributed by atoms with van der Waals surface area (Å²) in [5.74, 6) is 0.449. The summed E-state index contributed by atoms with van der Waals surface area (Å²) in [6, 6.07) is 15.1. The summed E-state index contributed by atoms with van der Waals surface area (Å²) in [6.45, 7) is 1.77. The van der Waals surface area contributed by atoms with E-state index in [2.05, 4.69) is 15.6 Å². The first-order valence-corrected chi connectivity index (χ1v) is 7.63. The number of anilines is 1. The van der Waals surface area contributed by atoms with Gasteiger partial charge in [0.25, 0.3) is 0 Å². The second kappa shape index (κ2) is 6.58. The molecular weight excluding hydrogens is 310 g/mol. The molecule has 0 aliphatic heterocycles. The lowest BCUT2D eigenvalue weighted by Gasteiger charge is -2.08. The average Bonchev–Trinajstić information content (AvgIpc) is 2.99. The molecule has 5 nitrogen and oxygen atoms in total. The predicted octanol–water partition coefficient (Wildman–Crippen LogP) is 3.72. The second-order valence-electron chi connectivity index (χ2n) is 4.92. The van der Waals surface area contributed by atoms with Gasteiger partial charge in [0.2, 0.25) is 11.8 Å². The first kappa shape index (κ1) is 15.2. The van der Waals surface area contributed by atoms with E-state index in [1.165, 1.54) is 0 Å². The lowest BCUT2D eigenvalue weighted by Crippen LogP contribution is -2.33. The lowest BCUT2D eigenvalue weighted by molar-refractivity contribution is -0.119. The van der Waals surface area contributed by atoms with Crippen LogP contribution >= 0.6 is 12.2 Å². The molecule has 0 unspecified atom stereocenters. The van der Waals surface area contributed by atoms with Gasteiger partial charge in [0.15, 0.2) is 10.7 Å².